The number of carbonyl (C=O) groups is 1. The summed E-state index contributed by atoms with van der Waals surface area (Å²) in [6, 6.07) is 0.405. The Hall–Kier alpha value is -0.900. The molecule has 0 radical (unpaired) electrons. The van der Waals surface area contributed by atoms with Crippen LogP contribution in [-0.2, 0) is 11.2 Å². The highest BCUT2D eigenvalue weighted by Gasteiger charge is 2.16. The molecule has 0 bridgehead atoms. The van der Waals surface area contributed by atoms with Gasteiger partial charge in [-0.15, -0.1) is 11.3 Å². The quantitative estimate of drug-likeness (QED) is 0.879. The zero-order chi connectivity index (χ0) is 11.4. The minimum atomic E-state index is 0.126. The molecule has 2 rings (SSSR count). The van der Waals surface area contributed by atoms with Gasteiger partial charge in [-0.25, -0.2) is 4.98 Å². The van der Waals surface area contributed by atoms with Gasteiger partial charge in [0.05, 0.1) is 6.42 Å². The summed E-state index contributed by atoms with van der Waals surface area (Å²) in [6.45, 7) is 1.96. The van der Waals surface area contributed by atoms with Crippen molar-refractivity contribution in [3.63, 3.8) is 0 Å². The monoisotopic (exact) mass is 238 g/mol. The van der Waals surface area contributed by atoms with Crippen molar-refractivity contribution >= 4 is 17.2 Å². The lowest BCUT2D eigenvalue weighted by Gasteiger charge is -2.22. The summed E-state index contributed by atoms with van der Waals surface area (Å²) in [7, 11) is 0. The number of amides is 1. The van der Waals surface area contributed by atoms with Crippen LogP contribution in [0, 0.1) is 6.92 Å². The van der Waals surface area contributed by atoms with Gasteiger partial charge in [0, 0.05) is 17.1 Å². The van der Waals surface area contributed by atoms with Crippen molar-refractivity contribution in [1.29, 1.82) is 0 Å². The lowest BCUT2D eigenvalue weighted by Crippen LogP contribution is -2.37. The summed E-state index contributed by atoms with van der Waals surface area (Å²) in [5, 5.41) is 6.02. The summed E-state index contributed by atoms with van der Waals surface area (Å²) < 4.78 is 0. The van der Waals surface area contributed by atoms with Crippen molar-refractivity contribution in [3.05, 3.63) is 16.1 Å². The minimum absolute atomic E-state index is 0.126. The molecule has 1 aliphatic carbocycles. The minimum Gasteiger partial charge on any atom is -0.353 e. The number of aromatic nitrogens is 1. The Balaban J connectivity index is 1.79. The third kappa shape index (κ3) is 3.30. The maximum atomic E-state index is 11.7. The molecule has 1 heterocycles. The van der Waals surface area contributed by atoms with Gasteiger partial charge >= 0.3 is 0 Å². The first kappa shape index (κ1) is 11.6. The smallest absolute Gasteiger partial charge is 0.227 e. The zero-order valence-electron chi connectivity index (χ0n) is 9.66. The normalized spacial score (nSPS) is 17.3. The summed E-state index contributed by atoms with van der Waals surface area (Å²) in [4.78, 5) is 16.0. The van der Waals surface area contributed by atoms with Crippen LogP contribution in [0.4, 0.5) is 0 Å². The van der Waals surface area contributed by atoms with Crippen LogP contribution in [0.3, 0.4) is 0 Å². The second kappa shape index (κ2) is 5.43. The number of aryl methyl sites for hydroxylation is 1. The molecule has 3 nitrogen and oxygen atoms in total. The highest BCUT2D eigenvalue weighted by Crippen LogP contribution is 2.17. The van der Waals surface area contributed by atoms with E-state index in [2.05, 4.69) is 10.3 Å². The number of hydrogen-bond acceptors (Lipinski definition) is 3. The molecule has 1 aromatic rings. The van der Waals surface area contributed by atoms with Crippen LogP contribution < -0.4 is 5.32 Å². The first-order valence-electron chi connectivity index (χ1n) is 5.94. The molecule has 1 aliphatic rings. The van der Waals surface area contributed by atoms with Crippen molar-refractivity contribution < 1.29 is 4.79 Å². The van der Waals surface area contributed by atoms with Crippen LogP contribution in [0.2, 0.25) is 0 Å². The van der Waals surface area contributed by atoms with E-state index in [4.69, 9.17) is 0 Å². The molecule has 1 fully saturated rings. The molecular formula is C12H18N2OS. The predicted molar refractivity (Wildman–Crippen MR) is 65.6 cm³/mol. The first-order valence-corrected chi connectivity index (χ1v) is 6.82. The molecular weight excluding hydrogens is 220 g/mol. The van der Waals surface area contributed by atoms with E-state index < -0.39 is 0 Å². The van der Waals surface area contributed by atoms with Gasteiger partial charge in [-0.3, -0.25) is 4.79 Å². The summed E-state index contributed by atoms with van der Waals surface area (Å²) in [5.41, 5.74) is 1.01. The first-order chi connectivity index (χ1) is 7.74. The zero-order valence-corrected chi connectivity index (χ0v) is 10.5. The highest BCUT2D eigenvalue weighted by atomic mass is 32.1. The van der Waals surface area contributed by atoms with E-state index in [1.54, 1.807) is 11.3 Å². The van der Waals surface area contributed by atoms with Gasteiger partial charge in [0.1, 0.15) is 5.01 Å². The molecule has 1 amide bonds. The largest absolute Gasteiger partial charge is 0.353 e. The van der Waals surface area contributed by atoms with Crippen molar-refractivity contribution in [2.24, 2.45) is 0 Å². The topological polar surface area (TPSA) is 42.0 Å². The fraction of sp³-hybridized carbons (Fsp3) is 0.667. The van der Waals surface area contributed by atoms with Crippen LogP contribution in [0.1, 0.15) is 42.8 Å². The average Bonchev–Trinajstić information content (AvgIpc) is 2.65. The van der Waals surface area contributed by atoms with Crippen LogP contribution >= 0.6 is 11.3 Å². The Bertz CT molecular complexity index is 356. The fourth-order valence-corrected chi connectivity index (χ4v) is 2.92. The lowest BCUT2D eigenvalue weighted by atomic mass is 9.95. The Labute approximate surface area is 100 Å². The Kier molecular flexibility index (Phi) is 3.93. The number of carbonyl (C=O) groups excluding carboxylic acids is 1. The third-order valence-electron chi connectivity index (χ3n) is 2.95. The number of nitrogens with zero attached hydrogens (tertiary/aromatic N) is 1. The molecule has 0 saturated heterocycles. The number of hydrogen-bond donors (Lipinski definition) is 1. The van der Waals surface area contributed by atoms with E-state index in [1.165, 1.54) is 19.3 Å². The molecule has 1 N–H and O–H groups in total. The number of thiazole rings is 1. The lowest BCUT2D eigenvalue weighted by molar-refractivity contribution is -0.121. The van der Waals surface area contributed by atoms with Crippen LogP contribution in [0.25, 0.3) is 0 Å². The molecule has 88 valence electrons. The van der Waals surface area contributed by atoms with E-state index in [0.717, 1.165) is 23.5 Å². The van der Waals surface area contributed by atoms with Crippen LogP contribution in [-0.4, -0.2) is 16.9 Å². The maximum Gasteiger partial charge on any atom is 0.227 e. The summed E-state index contributed by atoms with van der Waals surface area (Å²) in [5.74, 6) is 0.126. The molecule has 0 aliphatic heterocycles. The van der Waals surface area contributed by atoms with E-state index in [0.29, 0.717) is 12.5 Å². The molecule has 0 atom stereocenters. The van der Waals surface area contributed by atoms with Gasteiger partial charge < -0.3 is 5.32 Å². The van der Waals surface area contributed by atoms with E-state index >= 15 is 0 Å². The molecule has 16 heavy (non-hydrogen) atoms. The third-order valence-corrected chi connectivity index (χ3v) is 3.92. The van der Waals surface area contributed by atoms with Gasteiger partial charge in [0.25, 0.3) is 0 Å². The number of nitrogens with one attached hydrogen (secondary N) is 1. The second-order valence-electron chi connectivity index (χ2n) is 4.46. The van der Waals surface area contributed by atoms with E-state index in [1.807, 2.05) is 12.3 Å². The maximum absolute atomic E-state index is 11.7. The Morgan fingerprint density at radius 3 is 2.88 bits per heavy atom. The standard InChI is InChI=1S/C12H18N2OS/c1-9-8-16-12(13-9)7-11(15)14-10-5-3-2-4-6-10/h8,10H,2-7H2,1H3,(H,14,15). The van der Waals surface area contributed by atoms with Gasteiger partial charge in [0.15, 0.2) is 0 Å². The van der Waals surface area contributed by atoms with Crippen LogP contribution in [0.15, 0.2) is 5.38 Å². The van der Waals surface area contributed by atoms with Crippen molar-refractivity contribution in [1.82, 2.24) is 10.3 Å². The highest BCUT2D eigenvalue weighted by molar-refractivity contribution is 7.09. The van der Waals surface area contributed by atoms with Crippen molar-refractivity contribution in [2.75, 3.05) is 0 Å². The summed E-state index contributed by atoms with van der Waals surface area (Å²) in [6.07, 6.45) is 6.54. The Morgan fingerprint density at radius 2 is 2.25 bits per heavy atom. The van der Waals surface area contributed by atoms with Gasteiger partial charge in [0.2, 0.25) is 5.91 Å². The molecule has 0 aromatic carbocycles. The van der Waals surface area contributed by atoms with Gasteiger partial charge in [-0.1, -0.05) is 19.3 Å². The van der Waals surface area contributed by atoms with Crippen molar-refractivity contribution in [3.8, 4) is 0 Å². The van der Waals surface area contributed by atoms with Crippen LogP contribution in [0.5, 0.6) is 0 Å². The van der Waals surface area contributed by atoms with E-state index in [9.17, 15) is 4.79 Å². The molecule has 0 unspecified atom stereocenters. The molecule has 1 saturated carbocycles. The second-order valence-corrected chi connectivity index (χ2v) is 5.40. The average molecular weight is 238 g/mol. The van der Waals surface area contributed by atoms with Gasteiger partial charge in [-0.2, -0.15) is 0 Å². The van der Waals surface area contributed by atoms with Crippen molar-refractivity contribution in [2.45, 2.75) is 51.5 Å². The Morgan fingerprint density at radius 1 is 1.50 bits per heavy atom. The SMILES string of the molecule is Cc1csc(CC(=O)NC2CCCCC2)n1. The fourth-order valence-electron chi connectivity index (χ4n) is 2.15. The van der Waals surface area contributed by atoms with Gasteiger partial charge in [-0.05, 0) is 19.8 Å². The molecule has 0 spiro atoms. The molecule has 1 aromatic heterocycles. The summed E-state index contributed by atoms with van der Waals surface area (Å²) >= 11 is 1.57. The predicted octanol–water partition coefficient (Wildman–Crippen LogP) is 2.44. The molecule has 4 heteroatoms. The van der Waals surface area contributed by atoms with E-state index in [-0.39, 0.29) is 5.91 Å². The number of rotatable bonds is 3.